The van der Waals surface area contributed by atoms with Gasteiger partial charge in [-0.25, -0.2) is 4.79 Å². The second-order valence-corrected chi connectivity index (χ2v) is 8.28. The second-order valence-electron chi connectivity index (χ2n) is 7.30. The molecule has 1 amide bonds. The molecular formula is C24H25N3O5S. The van der Waals surface area contributed by atoms with Gasteiger partial charge in [0.05, 0.1) is 46.8 Å². The first-order chi connectivity index (χ1) is 15.9. The zero-order valence-corrected chi connectivity index (χ0v) is 19.5. The number of methoxy groups -OCH3 is 1. The zero-order chi connectivity index (χ0) is 23.8. The first kappa shape index (κ1) is 24.2. The number of amides is 1. The Morgan fingerprint density at radius 1 is 1.21 bits per heavy atom. The number of rotatable bonds is 9. The van der Waals surface area contributed by atoms with Crippen LogP contribution in [0.5, 0.6) is 0 Å². The molecule has 0 spiro atoms. The van der Waals surface area contributed by atoms with Gasteiger partial charge < -0.3 is 24.5 Å². The first-order valence-corrected chi connectivity index (χ1v) is 11.2. The van der Waals surface area contributed by atoms with Crippen LogP contribution in [0.1, 0.15) is 24.2 Å². The van der Waals surface area contributed by atoms with Gasteiger partial charge in [0.15, 0.2) is 0 Å². The number of nitrogens with one attached hydrogen (secondary N) is 2. The number of benzene rings is 1. The largest absolute Gasteiger partial charge is 0.468 e. The van der Waals surface area contributed by atoms with Crippen molar-refractivity contribution in [1.29, 1.82) is 5.26 Å². The average Bonchev–Trinajstić information content (AvgIpc) is 3.33. The van der Waals surface area contributed by atoms with Gasteiger partial charge in [0.2, 0.25) is 5.91 Å². The van der Waals surface area contributed by atoms with Crippen LogP contribution < -0.4 is 10.6 Å². The number of anilines is 1. The fourth-order valence-electron chi connectivity index (χ4n) is 3.30. The number of nitrogens with zero attached hydrogens (tertiary/aromatic N) is 1. The highest BCUT2D eigenvalue weighted by Gasteiger charge is 2.37. The van der Waals surface area contributed by atoms with Crippen LogP contribution in [0.4, 0.5) is 5.69 Å². The van der Waals surface area contributed by atoms with Gasteiger partial charge in [-0.2, -0.15) is 5.26 Å². The maximum atomic E-state index is 12.8. The molecule has 2 heterocycles. The number of carbonyl (C=O) groups excluding carboxylic acids is 2. The standard InChI is InChI=1S/C24H25N3O5S/c1-15-6-8-17(9-7-15)27-20(28)14-33-23-18(13-25)22(19-5-4-10-31-19)21(16(2)26-23)24(29)32-12-11-30-3/h4-10,22,26H,11-12,14H2,1-3H3,(H,27,28)/t22-/m0/s1. The van der Waals surface area contributed by atoms with Crippen molar-refractivity contribution in [3.63, 3.8) is 0 Å². The Morgan fingerprint density at radius 2 is 1.97 bits per heavy atom. The fraction of sp³-hybridized carbons (Fsp3) is 0.292. The van der Waals surface area contributed by atoms with Gasteiger partial charge in [-0.05, 0) is 38.1 Å². The van der Waals surface area contributed by atoms with Gasteiger partial charge >= 0.3 is 5.97 Å². The van der Waals surface area contributed by atoms with E-state index in [1.165, 1.54) is 25.1 Å². The molecule has 2 aromatic rings. The summed E-state index contributed by atoms with van der Waals surface area (Å²) in [5, 5.41) is 16.4. The lowest BCUT2D eigenvalue weighted by Gasteiger charge is -2.27. The summed E-state index contributed by atoms with van der Waals surface area (Å²) in [6, 6.07) is 13.1. The molecule has 1 aromatic heterocycles. The Kier molecular flexibility index (Phi) is 8.35. The highest BCUT2D eigenvalue weighted by atomic mass is 32.2. The van der Waals surface area contributed by atoms with Crippen LogP contribution in [0.25, 0.3) is 0 Å². The van der Waals surface area contributed by atoms with E-state index in [4.69, 9.17) is 13.9 Å². The number of furan rings is 1. The summed E-state index contributed by atoms with van der Waals surface area (Å²) in [5.41, 5.74) is 2.89. The normalized spacial score (nSPS) is 15.6. The number of esters is 1. The van der Waals surface area contributed by atoms with Crippen molar-refractivity contribution in [3.8, 4) is 6.07 Å². The van der Waals surface area contributed by atoms with Crippen molar-refractivity contribution in [2.75, 3.05) is 31.4 Å². The molecule has 0 fully saturated rings. The van der Waals surface area contributed by atoms with Crippen molar-refractivity contribution in [1.82, 2.24) is 5.32 Å². The minimum absolute atomic E-state index is 0.0766. The summed E-state index contributed by atoms with van der Waals surface area (Å²) >= 11 is 1.19. The van der Waals surface area contributed by atoms with Crippen LogP contribution in [0.3, 0.4) is 0 Å². The number of aryl methyl sites for hydroxylation is 1. The molecule has 1 aliphatic rings. The molecule has 1 atom stereocenters. The molecule has 1 aliphatic heterocycles. The van der Waals surface area contributed by atoms with Crippen molar-refractivity contribution in [2.24, 2.45) is 0 Å². The van der Waals surface area contributed by atoms with Crippen LogP contribution >= 0.6 is 11.8 Å². The number of carbonyl (C=O) groups is 2. The van der Waals surface area contributed by atoms with E-state index in [2.05, 4.69) is 16.7 Å². The molecule has 2 N–H and O–H groups in total. The minimum atomic E-state index is -0.746. The van der Waals surface area contributed by atoms with Crippen molar-refractivity contribution < 1.29 is 23.5 Å². The highest BCUT2D eigenvalue weighted by molar-refractivity contribution is 8.03. The minimum Gasteiger partial charge on any atom is -0.468 e. The summed E-state index contributed by atoms with van der Waals surface area (Å²) in [6.45, 7) is 4.04. The lowest BCUT2D eigenvalue weighted by Crippen LogP contribution is -2.29. The molecule has 9 heteroatoms. The van der Waals surface area contributed by atoms with Crippen molar-refractivity contribution >= 4 is 29.3 Å². The van der Waals surface area contributed by atoms with Crippen LogP contribution in [0.15, 0.2) is 69.0 Å². The van der Waals surface area contributed by atoms with E-state index in [0.29, 0.717) is 22.2 Å². The third-order valence-electron chi connectivity index (χ3n) is 4.90. The molecule has 0 unspecified atom stereocenters. The predicted molar refractivity (Wildman–Crippen MR) is 125 cm³/mol. The smallest absolute Gasteiger partial charge is 0.336 e. The number of thioether (sulfide) groups is 1. The average molecular weight is 468 g/mol. The van der Waals surface area contributed by atoms with E-state index in [1.54, 1.807) is 19.1 Å². The predicted octanol–water partition coefficient (Wildman–Crippen LogP) is 3.85. The number of nitriles is 1. The SMILES string of the molecule is COCCOC(=O)C1=C(C)NC(SCC(=O)Nc2ccc(C)cc2)=C(C#N)[C@H]1c1ccco1. The number of hydrogen-bond acceptors (Lipinski definition) is 8. The van der Waals surface area contributed by atoms with Gasteiger partial charge in [-0.3, -0.25) is 4.79 Å². The third kappa shape index (κ3) is 6.06. The molecule has 0 radical (unpaired) electrons. The summed E-state index contributed by atoms with van der Waals surface area (Å²) in [7, 11) is 1.52. The second kappa shape index (κ2) is 11.4. The summed E-state index contributed by atoms with van der Waals surface area (Å²) in [6.07, 6.45) is 1.48. The molecule has 0 saturated carbocycles. The van der Waals surface area contributed by atoms with E-state index < -0.39 is 11.9 Å². The van der Waals surface area contributed by atoms with Gasteiger partial charge in [-0.15, -0.1) is 0 Å². The lowest BCUT2D eigenvalue weighted by atomic mass is 9.86. The molecular weight excluding hydrogens is 442 g/mol. The number of ether oxygens (including phenoxy) is 2. The monoisotopic (exact) mass is 467 g/mol. The quantitative estimate of drug-likeness (QED) is 0.422. The Morgan fingerprint density at radius 3 is 2.61 bits per heavy atom. The van der Waals surface area contributed by atoms with Crippen molar-refractivity contribution in [3.05, 3.63) is 75.9 Å². The maximum Gasteiger partial charge on any atom is 0.336 e. The van der Waals surface area contributed by atoms with Crippen LogP contribution in [-0.2, 0) is 19.1 Å². The van der Waals surface area contributed by atoms with Gasteiger partial charge in [0.25, 0.3) is 0 Å². The van der Waals surface area contributed by atoms with Crippen LogP contribution in [0, 0.1) is 18.3 Å². The number of dihydropyridines is 1. The molecule has 8 nitrogen and oxygen atoms in total. The molecule has 172 valence electrons. The summed E-state index contributed by atoms with van der Waals surface area (Å²) in [4.78, 5) is 25.3. The first-order valence-electron chi connectivity index (χ1n) is 10.3. The highest BCUT2D eigenvalue weighted by Crippen LogP contribution is 2.41. The molecule has 0 aliphatic carbocycles. The molecule has 0 saturated heterocycles. The van der Waals surface area contributed by atoms with Gasteiger partial charge in [0.1, 0.15) is 12.4 Å². The Labute approximate surface area is 196 Å². The number of hydrogen-bond donors (Lipinski definition) is 2. The molecule has 3 rings (SSSR count). The van der Waals surface area contributed by atoms with Crippen LogP contribution in [0.2, 0.25) is 0 Å². The van der Waals surface area contributed by atoms with E-state index in [9.17, 15) is 14.9 Å². The van der Waals surface area contributed by atoms with Gasteiger partial charge in [-0.1, -0.05) is 29.5 Å². The van der Waals surface area contributed by atoms with E-state index in [-0.39, 0.29) is 36.0 Å². The zero-order valence-electron chi connectivity index (χ0n) is 18.6. The topological polar surface area (TPSA) is 114 Å². The third-order valence-corrected chi connectivity index (χ3v) is 5.92. The lowest BCUT2D eigenvalue weighted by molar-refractivity contribution is -0.140. The Hall–Kier alpha value is -3.48. The van der Waals surface area contributed by atoms with Gasteiger partial charge in [0, 0.05) is 18.5 Å². The van der Waals surface area contributed by atoms with E-state index in [0.717, 1.165) is 5.56 Å². The maximum absolute atomic E-state index is 12.8. The summed E-state index contributed by atoms with van der Waals surface area (Å²) < 4.78 is 15.8. The Bertz CT molecular complexity index is 1100. The van der Waals surface area contributed by atoms with E-state index in [1.807, 2.05) is 31.2 Å². The summed E-state index contributed by atoms with van der Waals surface area (Å²) in [5.74, 6) is -1.01. The molecule has 33 heavy (non-hydrogen) atoms. The Balaban J connectivity index is 1.80. The molecule has 0 bridgehead atoms. The van der Waals surface area contributed by atoms with Crippen molar-refractivity contribution in [2.45, 2.75) is 19.8 Å². The van der Waals surface area contributed by atoms with Crippen LogP contribution in [-0.4, -0.2) is 38.0 Å². The fourth-order valence-corrected chi connectivity index (χ4v) is 4.20. The molecule has 1 aromatic carbocycles. The van der Waals surface area contributed by atoms with E-state index >= 15 is 0 Å². The number of allylic oxidation sites excluding steroid dienone is 2.